The average Bonchev–Trinajstić information content (AvgIpc) is 2.34. The lowest BCUT2D eigenvalue weighted by Crippen LogP contribution is -2.45. The molecule has 1 heterocycles. The minimum Gasteiger partial charge on any atom is -0.467 e. The third kappa shape index (κ3) is 5.33. The van der Waals surface area contributed by atoms with Crippen LogP contribution in [0.3, 0.4) is 0 Å². The van der Waals surface area contributed by atoms with Crippen molar-refractivity contribution in [3.05, 3.63) is 18.0 Å². The Morgan fingerprint density at radius 3 is 2.32 bits per heavy atom. The van der Waals surface area contributed by atoms with E-state index < -0.39 is 5.91 Å². The van der Waals surface area contributed by atoms with E-state index in [0.29, 0.717) is 0 Å². The van der Waals surface area contributed by atoms with Gasteiger partial charge in [-0.15, -0.1) is 0 Å². The quantitative estimate of drug-likeness (QED) is 0.808. The summed E-state index contributed by atoms with van der Waals surface area (Å²) in [6.45, 7) is 5.50. The highest BCUT2D eigenvalue weighted by Gasteiger charge is 2.15. The Morgan fingerprint density at radius 1 is 1.26 bits per heavy atom. The second-order valence-electron chi connectivity index (χ2n) is 4.94. The lowest BCUT2D eigenvalue weighted by atomic mass is 10.1. The molecule has 0 unspecified atom stereocenters. The van der Waals surface area contributed by atoms with Crippen LogP contribution in [0.25, 0.3) is 0 Å². The van der Waals surface area contributed by atoms with Gasteiger partial charge >= 0.3 is 6.01 Å². The minimum absolute atomic E-state index is 0.0951. The van der Waals surface area contributed by atoms with Crippen molar-refractivity contribution in [3.8, 4) is 6.01 Å². The van der Waals surface area contributed by atoms with Crippen LogP contribution in [-0.4, -0.2) is 41.0 Å². The predicted octanol–water partition coefficient (Wildman–Crippen LogP) is 0.130. The maximum Gasteiger partial charge on any atom is 0.316 e. The number of methoxy groups -OCH3 is 1. The Kier molecular flexibility index (Phi) is 4.80. The lowest BCUT2D eigenvalue weighted by molar-refractivity contribution is -0.121. The molecule has 0 radical (unpaired) electrons. The van der Waals surface area contributed by atoms with Gasteiger partial charge in [0.05, 0.1) is 19.2 Å². The summed E-state index contributed by atoms with van der Waals surface area (Å²) in [6.07, 6.45) is 2.67. The summed E-state index contributed by atoms with van der Waals surface area (Å²) in [7, 11) is 1.44. The molecule has 104 valence electrons. The second-order valence-corrected chi connectivity index (χ2v) is 4.94. The predicted molar refractivity (Wildman–Crippen MR) is 68.8 cm³/mol. The summed E-state index contributed by atoms with van der Waals surface area (Å²) in [5.74, 6) is -0.665. The third-order valence-electron chi connectivity index (χ3n) is 2.00. The van der Waals surface area contributed by atoms with Crippen LogP contribution in [0, 0.1) is 0 Å². The van der Waals surface area contributed by atoms with E-state index in [-0.39, 0.29) is 29.6 Å². The molecule has 1 rings (SSSR count). The Bertz CT molecular complexity index is 451. The van der Waals surface area contributed by atoms with Gasteiger partial charge < -0.3 is 15.4 Å². The van der Waals surface area contributed by atoms with Crippen molar-refractivity contribution in [2.45, 2.75) is 26.3 Å². The van der Waals surface area contributed by atoms with E-state index >= 15 is 0 Å². The van der Waals surface area contributed by atoms with Crippen LogP contribution in [0.1, 0.15) is 31.1 Å². The van der Waals surface area contributed by atoms with Crippen LogP contribution in [-0.2, 0) is 4.79 Å². The van der Waals surface area contributed by atoms with Crippen LogP contribution in [0.4, 0.5) is 0 Å². The van der Waals surface area contributed by atoms with E-state index in [1.54, 1.807) is 0 Å². The zero-order valence-corrected chi connectivity index (χ0v) is 11.5. The van der Waals surface area contributed by atoms with Gasteiger partial charge in [-0.3, -0.25) is 9.59 Å². The van der Waals surface area contributed by atoms with Gasteiger partial charge in [-0.05, 0) is 20.8 Å². The fourth-order valence-electron chi connectivity index (χ4n) is 1.26. The second kappa shape index (κ2) is 6.12. The van der Waals surface area contributed by atoms with Crippen molar-refractivity contribution in [2.75, 3.05) is 13.7 Å². The van der Waals surface area contributed by atoms with Crippen molar-refractivity contribution in [1.82, 2.24) is 20.6 Å². The smallest absolute Gasteiger partial charge is 0.316 e. The first kappa shape index (κ1) is 14.9. The molecule has 0 aliphatic carbocycles. The molecule has 1 aromatic heterocycles. The summed E-state index contributed by atoms with van der Waals surface area (Å²) < 4.78 is 4.78. The number of rotatable bonds is 4. The molecule has 0 fully saturated rings. The molecular weight excluding hydrogens is 248 g/mol. The van der Waals surface area contributed by atoms with Gasteiger partial charge in [-0.2, -0.15) is 0 Å². The molecule has 0 spiro atoms. The van der Waals surface area contributed by atoms with Crippen molar-refractivity contribution >= 4 is 11.8 Å². The van der Waals surface area contributed by atoms with Crippen LogP contribution < -0.4 is 15.4 Å². The molecule has 0 atom stereocenters. The van der Waals surface area contributed by atoms with Gasteiger partial charge in [0.1, 0.15) is 0 Å². The normalized spacial score (nSPS) is 10.7. The molecule has 7 heteroatoms. The SMILES string of the molecule is COc1ncc(C(=O)NCC(=O)NC(C)(C)C)cn1. The molecule has 2 N–H and O–H groups in total. The largest absolute Gasteiger partial charge is 0.467 e. The number of hydrogen-bond donors (Lipinski definition) is 2. The summed E-state index contributed by atoms with van der Waals surface area (Å²) in [5.41, 5.74) is -0.0604. The molecular formula is C12H18N4O3. The zero-order chi connectivity index (χ0) is 14.5. The van der Waals surface area contributed by atoms with Gasteiger partial charge in [-0.1, -0.05) is 0 Å². The number of carbonyl (C=O) groups excluding carboxylic acids is 2. The number of hydrogen-bond acceptors (Lipinski definition) is 5. The average molecular weight is 266 g/mol. The Morgan fingerprint density at radius 2 is 1.84 bits per heavy atom. The highest BCUT2D eigenvalue weighted by molar-refractivity contribution is 5.96. The van der Waals surface area contributed by atoms with E-state index in [2.05, 4.69) is 20.6 Å². The molecule has 0 aliphatic rings. The van der Waals surface area contributed by atoms with Crippen LogP contribution >= 0.6 is 0 Å². The van der Waals surface area contributed by atoms with Crippen LogP contribution in [0.5, 0.6) is 6.01 Å². The lowest BCUT2D eigenvalue weighted by Gasteiger charge is -2.20. The molecule has 7 nitrogen and oxygen atoms in total. The van der Waals surface area contributed by atoms with E-state index in [1.165, 1.54) is 19.5 Å². The van der Waals surface area contributed by atoms with Gasteiger partial charge in [0.15, 0.2) is 0 Å². The van der Waals surface area contributed by atoms with Gasteiger partial charge in [0.25, 0.3) is 5.91 Å². The number of aromatic nitrogens is 2. The van der Waals surface area contributed by atoms with Crippen molar-refractivity contribution in [2.24, 2.45) is 0 Å². The Hall–Kier alpha value is -2.18. The van der Waals surface area contributed by atoms with Crippen molar-refractivity contribution < 1.29 is 14.3 Å². The number of nitrogens with one attached hydrogen (secondary N) is 2. The maximum atomic E-state index is 11.7. The van der Waals surface area contributed by atoms with Crippen molar-refractivity contribution in [1.29, 1.82) is 0 Å². The Labute approximate surface area is 111 Å². The summed E-state index contributed by atoms with van der Waals surface area (Å²) in [4.78, 5) is 30.8. The zero-order valence-electron chi connectivity index (χ0n) is 11.5. The first-order valence-electron chi connectivity index (χ1n) is 5.77. The molecule has 0 bridgehead atoms. The highest BCUT2D eigenvalue weighted by Crippen LogP contribution is 2.01. The van der Waals surface area contributed by atoms with Gasteiger partial charge in [-0.25, -0.2) is 9.97 Å². The number of amides is 2. The highest BCUT2D eigenvalue weighted by atomic mass is 16.5. The van der Waals surface area contributed by atoms with Crippen LogP contribution in [0.2, 0.25) is 0 Å². The number of carbonyl (C=O) groups is 2. The molecule has 0 aromatic carbocycles. The minimum atomic E-state index is -0.410. The van der Waals surface area contributed by atoms with E-state index in [0.717, 1.165) is 0 Å². The Balaban J connectivity index is 2.49. The maximum absolute atomic E-state index is 11.7. The first-order valence-corrected chi connectivity index (χ1v) is 5.77. The fourth-order valence-corrected chi connectivity index (χ4v) is 1.26. The third-order valence-corrected chi connectivity index (χ3v) is 2.00. The monoisotopic (exact) mass is 266 g/mol. The number of nitrogens with zero attached hydrogens (tertiary/aromatic N) is 2. The number of ether oxygens (including phenoxy) is 1. The van der Waals surface area contributed by atoms with Gasteiger partial charge in [0, 0.05) is 17.9 Å². The van der Waals surface area contributed by atoms with E-state index in [4.69, 9.17) is 4.74 Å². The summed E-state index contributed by atoms with van der Waals surface area (Å²) in [6, 6.07) is 0.182. The first-order chi connectivity index (χ1) is 8.81. The molecule has 0 saturated carbocycles. The van der Waals surface area contributed by atoms with Crippen LogP contribution in [0.15, 0.2) is 12.4 Å². The molecule has 0 aliphatic heterocycles. The summed E-state index contributed by atoms with van der Waals surface area (Å²) in [5, 5.41) is 5.23. The topological polar surface area (TPSA) is 93.2 Å². The fraction of sp³-hybridized carbons (Fsp3) is 0.500. The molecule has 2 amide bonds. The van der Waals surface area contributed by atoms with Gasteiger partial charge in [0.2, 0.25) is 5.91 Å². The standard InChI is InChI=1S/C12H18N4O3/c1-12(2,3)16-9(17)7-13-10(18)8-5-14-11(19-4)15-6-8/h5-6H,7H2,1-4H3,(H,13,18)(H,16,17). The molecule has 1 aromatic rings. The van der Waals surface area contributed by atoms with Crippen molar-refractivity contribution in [3.63, 3.8) is 0 Å². The molecule has 0 saturated heterocycles. The van der Waals surface area contributed by atoms with E-state index in [9.17, 15) is 9.59 Å². The molecule has 19 heavy (non-hydrogen) atoms. The van der Waals surface area contributed by atoms with E-state index in [1.807, 2.05) is 20.8 Å². The summed E-state index contributed by atoms with van der Waals surface area (Å²) >= 11 is 0.